The van der Waals surface area contributed by atoms with Crippen molar-refractivity contribution in [2.75, 3.05) is 6.61 Å². The van der Waals surface area contributed by atoms with E-state index in [0.29, 0.717) is 11.3 Å². The van der Waals surface area contributed by atoms with E-state index in [-0.39, 0.29) is 12.4 Å². The predicted octanol–water partition coefficient (Wildman–Crippen LogP) is 5.08. The van der Waals surface area contributed by atoms with E-state index in [1.165, 1.54) is 11.3 Å². The number of ketones is 1. The average Bonchev–Trinajstić information content (AvgIpc) is 2.83. The van der Waals surface area contributed by atoms with Crippen LogP contribution in [0, 0.1) is 0 Å². The van der Waals surface area contributed by atoms with E-state index >= 15 is 0 Å². The summed E-state index contributed by atoms with van der Waals surface area (Å²) in [6.07, 6.45) is 1.73. The Morgan fingerprint density at radius 1 is 1.24 bits per heavy atom. The lowest BCUT2D eigenvalue weighted by Crippen LogP contribution is -2.11. The molecular formula is C15H9Br2NO2S. The molecule has 0 atom stereocenters. The number of carbonyl (C=O) groups is 1. The molecule has 2 aromatic heterocycles. The van der Waals surface area contributed by atoms with Crippen molar-refractivity contribution in [3.05, 3.63) is 55.7 Å². The summed E-state index contributed by atoms with van der Waals surface area (Å²) in [5, 5.41) is 0.901. The van der Waals surface area contributed by atoms with Crippen molar-refractivity contribution in [2.24, 2.45) is 0 Å². The monoisotopic (exact) mass is 425 g/mol. The number of thiophene rings is 1. The Labute approximate surface area is 142 Å². The number of hydrogen-bond donors (Lipinski definition) is 0. The molecule has 0 saturated heterocycles. The summed E-state index contributed by atoms with van der Waals surface area (Å²) in [6.45, 7) is -0.00419. The Bertz CT molecular complexity index is 811. The highest BCUT2D eigenvalue weighted by molar-refractivity contribution is 9.12. The van der Waals surface area contributed by atoms with Crippen LogP contribution in [0.4, 0.5) is 0 Å². The molecule has 0 radical (unpaired) electrons. The Balaban J connectivity index is 1.81. The van der Waals surface area contributed by atoms with Crippen LogP contribution in [0.15, 0.2) is 50.2 Å². The minimum absolute atomic E-state index is 0.00419. The number of pyridine rings is 1. The van der Waals surface area contributed by atoms with Gasteiger partial charge in [0.15, 0.2) is 6.61 Å². The molecule has 0 N–H and O–H groups in total. The highest BCUT2D eigenvalue weighted by Crippen LogP contribution is 2.32. The van der Waals surface area contributed by atoms with Gasteiger partial charge in [0.1, 0.15) is 5.75 Å². The van der Waals surface area contributed by atoms with Gasteiger partial charge in [-0.15, -0.1) is 11.3 Å². The molecule has 0 aliphatic carbocycles. The quantitative estimate of drug-likeness (QED) is 0.546. The van der Waals surface area contributed by atoms with Gasteiger partial charge < -0.3 is 4.74 Å². The zero-order valence-corrected chi connectivity index (χ0v) is 14.7. The first kappa shape index (κ1) is 14.7. The molecule has 6 heteroatoms. The first-order valence-electron chi connectivity index (χ1n) is 6.10. The molecule has 0 saturated carbocycles. The van der Waals surface area contributed by atoms with E-state index in [2.05, 4.69) is 36.8 Å². The number of aromatic nitrogens is 1. The number of hydrogen-bond acceptors (Lipinski definition) is 4. The van der Waals surface area contributed by atoms with Crippen molar-refractivity contribution in [1.29, 1.82) is 0 Å². The first-order valence-corrected chi connectivity index (χ1v) is 8.50. The van der Waals surface area contributed by atoms with Crippen LogP contribution in [0.1, 0.15) is 10.4 Å². The summed E-state index contributed by atoms with van der Waals surface area (Å²) in [6, 6.07) is 11.2. The molecule has 0 amide bonds. The zero-order chi connectivity index (χ0) is 14.8. The standard InChI is InChI=1S/C15H9Br2NO2S/c16-14-7-10(15(17)21-14)12(19)8-20-13-5-1-4-11-9(13)3-2-6-18-11/h1-7H,8H2. The van der Waals surface area contributed by atoms with Gasteiger partial charge in [-0.05, 0) is 62.2 Å². The Morgan fingerprint density at radius 3 is 2.86 bits per heavy atom. The van der Waals surface area contributed by atoms with E-state index in [4.69, 9.17) is 4.74 Å². The molecular weight excluding hydrogens is 418 g/mol. The molecule has 3 aromatic rings. The Hall–Kier alpha value is -1.24. The molecule has 3 rings (SSSR count). The summed E-state index contributed by atoms with van der Waals surface area (Å²) in [5.41, 5.74) is 1.48. The third kappa shape index (κ3) is 3.17. The summed E-state index contributed by atoms with van der Waals surface area (Å²) >= 11 is 8.22. The van der Waals surface area contributed by atoms with Crippen LogP contribution in [0.3, 0.4) is 0 Å². The lowest BCUT2D eigenvalue weighted by Gasteiger charge is -2.08. The number of benzene rings is 1. The predicted molar refractivity (Wildman–Crippen MR) is 91.3 cm³/mol. The minimum atomic E-state index is -0.0651. The van der Waals surface area contributed by atoms with Crippen molar-refractivity contribution in [3.8, 4) is 5.75 Å². The fraction of sp³-hybridized carbons (Fsp3) is 0.0667. The van der Waals surface area contributed by atoms with Crippen molar-refractivity contribution in [3.63, 3.8) is 0 Å². The fourth-order valence-electron chi connectivity index (χ4n) is 1.95. The molecule has 0 aliphatic heterocycles. The lowest BCUT2D eigenvalue weighted by atomic mass is 10.2. The van der Waals surface area contributed by atoms with Crippen LogP contribution >= 0.6 is 43.2 Å². The number of ether oxygens (including phenoxy) is 1. The number of rotatable bonds is 4. The molecule has 0 fully saturated rings. The van der Waals surface area contributed by atoms with Gasteiger partial charge in [0, 0.05) is 17.1 Å². The lowest BCUT2D eigenvalue weighted by molar-refractivity contribution is 0.0922. The van der Waals surface area contributed by atoms with Gasteiger partial charge in [0.05, 0.1) is 13.1 Å². The average molecular weight is 427 g/mol. The van der Waals surface area contributed by atoms with Crippen molar-refractivity contribution >= 4 is 59.9 Å². The minimum Gasteiger partial charge on any atom is -0.485 e. The van der Waals surface area contributed by atoms with E-state index in [1.54, 1.807) is 12.3 Å². The van der Waals surface area contributed by atoms with Crippen LogP contribution in [0.25, 0.3) is 10.9 Å². The fourth-order valence-corrected chi connectivity index (χ4v) is 4.81. The van der Waals surface area contributed by atoms with Gasteiger partial charge in [0.25, 0.3) is 0 Å². The molecule has 2 heterocycles. The maximum atomic E-state index is 12.2. The highest BCUT2D eigenvalue weighted by Gasteiger charge is 2.15. The maximum Gasteiger partial charge on any atom is 0.202 e. The molecule has 1 aromatic carbocycles. The summed E-state index contributed by atoms with van der Waals surface area (Å²) in [4.78, 5) is 16.5. The van der Waals surface area contributed by atoms with Crippen molar-refractivity contribution in [1.82, 2.24) is 4.98 Å². The summed E-state index contributed by atoms with van der Waals surface area (Å²) < 4.78 is 7.40. The van der Waals surface area contributed by atoms with Crippen LogP contribution in [-0.4, -0.2) is 17.4 Å². The van der Waals surface area contributed by atoms with Crippen LogP contribution < -0.4 is 4.74 Å². The second-order valence-corrected chi connectivity index (χ2v) is 8.03. The van der Waals surface area contributed by atoms with E-state index in [1.807, 2.05) is 30.3 Å². The summed E-state index contributed by atoms with van der Waals surface area (Å²) in [5.74, 6) is 0.601. The molecule has 0 spiro atoms. The SMILES string of the molecule is O=C(COc1cccc2ncccc12)c1cc(Br)sc1Br. The topological polar surface area (TPSA) is 39.2 Å². The van der Waals surface area contributed by atoms with E-state index in [9.17, 15) is 4.79 Å². The van der Waals surface area contributed by atoms with Crippen molar-refractivity contribution < 1.29 is 9.53 Å². The van der Waals surface area contributed by atoms with Gasteiger partial charge in [-0.1, -0.05) is 6.07 Å². The van der Waals surface area contributed by atoms with Crippen LogP contribution in [0.5, 0.6) is 5.75 Å². The molecule has 0 aliphatic rings. The largest absolute Gasteiger partial charge is 0.485 e. The van der Waals surface area contributed by atoms with Gasteiger partial charge >= 0.3 is 0 Å². The van der Waals surface area contributed by atoms with Crippen LogP contribution in [-0.2, 0) is 0 Å². The molecule has 21 heavy (non-hydrogen) atoms. The van der Waals surface area contributed by atoms with Crippen LogP contribution in [0.2, 0.25) is 0 Å². The number of halogens is 2. The highest BCUT2D eigenvalue weighted by atomic mass is 79.9. The number of nitrogens with zero attached hydrogens (tertiary/aromatic N) is 1. The first-order chi connectivity index (χ1) is 10.1. The number of Topliss-reactive ketones (excluding diaryl/α,β-unsaturated/α-hetero) is 1. The molecule has 0 bridgehead atoms. The van der Waals surface area contributed by atoms with Crippen molar-refractivity contribution in [2.45, 2.75) is 0 Å². The van der Waals surface area contributed by atoms with Gasteiger partial charge in [0.2, 0.25) is 5.78 Å². The number of carbonyl (C=O) groups excluding carboxylic acids is 1. The zero-order valence-electron chi connectivity index (χ0n) is 10.7. The smallest absolute Gasteiger partial charge is 0.202 e. The molecule has 0 unspecified atom stereocenters. The number of fused-ring (bicyclic) bond motifs is 1. The molecule has 106 valence electrons. The normalized spacial score (nSPS) is 10.8. The molecule has 3 nitrogen and oxygen atoms in total. The summed E-state index contributed by atoms with van der Waals surface area (Å²) in [7, 11) is 0. The van der Waals surface area contributed by atoms with Gasteiger partial charge in [-0.2, -0.15) is 0 Å². The second kappa shape index (κ2) is 6.25. The van der Waals surface area contributed by atoms with E-state index in [0.717, 1.165) is 18.5 Å². The van der Waals surface area contributed by atoms with E-state index < -0.39 is 0 Å². The van der Waals surface area contributed by atoms with Gasteiger partial charge in [-0.25, -0.2) is 0 Å². The van der Waals surface area contributed by atoms with Gasteiger partial charge in [-0.3, -0.25) is 9.78 Å². The third-order valence-electron chi connectivity index (χ3n) is 2.92. The Kier molecular flexibility index (Phi) is 4.37. The Morgan fingerprint density at radius 2 is 2.10 bits per heavy atom. The second-order valence-electron chi connectivity index (χ2n) is 4.28. The maximum absolute atomic E-state index is 12.2. The third-order valence-corrected chi connectivity index (χ3v) is 5.26.